The lowest BCUT2D eigenvalue weighted by molar-refractivity contribution is 0.0237. The van der Waals surface area contributed by atoms with Gasteiger partial charge in [0, 0.05) is 25.7 Å². The minimum atomic E-state index is -0.521. The summed E-state index contributed by atoms with van der Waals surface area (Å²) in [5.74, 6) is 1.43. The second-order valence-corrected chi connectivity index (χ2v) is 10.0. The summed E-state index contributed by atoms with van der Waals surface area (Å²) in [6, 6.07) is 9.13. The molecule has 2 amide bonds. The van der Waals surface area contributed by atoms with Crippen molar-refractivity contribution >= 4 is 23.5 Å². The zero-order chi connectivity index (χ0) is 25.6. The van der Waals surface area contributed by atoms with E-state index in [0.717, 1.165) is 42.9 Å². The van der Waals surface area contributed by atoms with E-state index in [1.807, 2.05) is 45.9 Å². The number of carbonyl (C=O) groups is 2. The molecule has 0 radical (unpaired) electrons. The molecule has 1 aliphatic heterocycles. The van der Waals surface area contributed by atoms with Crippen LogP contribution < -0.4 is 15.0 Å². The molecule has 1 atom stereocenters. The number of ether oxygens (including phenoxy) is 2. The monoisotopic (exact) mass is 482 g/mol. The maximum atomic E-state index is 12.7. The topological polar surface area (TPSA) is 84.0 Å². The van der Waals surface area contributed by atoms with E-state index in [1.165, 1.54) is 0 Å². The average Bonchev–Trinajstić information content (AvgIpc) is 3.28. The molecule has 0 bridgehead atoms. The normalized spacial score (nSPS) is 15.6. The Labute approximate surface area is 208 Å². The van der Waals surface area contributed by atoms with Crippen LogP contribution in [0.3, 0.4) is 0 Å². The van der Waals surface area contributed by atoms with Crippen molar-refractivity contribution in [2.24, 2.45) is 0 Å². The fraction of sp³-hybridized carbons (Fsp3) is 0.519. The molecule has 1 saturated heterocycles. The summed E-state index contributed by atoms with van der Waals surface area (Å²) >= 11 is 0. The minimum Gasteiger partial charge on any atom is -0.494 e. The number of carbonyl (C=O) groups excluding carboxylic acids is 2. The lowest BCUT2D eigenvalue weighted by Gasteiger charge is -2.29. The predicted octanol–water partition coefficient (Wildman–Crippen LogP) is 5.27. The van der Waals surface area contributed by atoms with Gasteiger partial charge in [-0.25, -0.2) is 9.78 Å². The molecule has 2 aromatic rings. The van der Waals surface area contributed by atoms with Gasteiger partial charge in [0.2, 0.25) is 0 Å². The Balaban J connectivity index is 1.58. The number of rotatable bonds is 8. The molecule has 35 heavy (non-hydrogen) atoms. The highest BCUT2D eigenvalue weighted by molar-refractivity contribution is 6.04. The van der Waals surface area contributed by atoms with E-state index in [0.29, 0.717) is 24.4 Å². The minimum absolute atomic E-state index is 0.0550. The second-order valence-electron chi connectivity index (χ2n) is 10.0. The van der Waals surface area contributed by atoms with Gasteiger partial charge in [-0.1, -0.05) is 13.3 Å². The van der Waals surface area contributed by atoms with E-state index in [2.05, 4.69) is 22.1 Å². The maximum Gasteiger partial charge on any atom is 0.410 e. The van der Waals surface area contributed by atoms with Gasteiger partial charge in [-0.2, -0.15) is 0 Å². The van der Waals surface area contributed by atoms with Crippen molar-refractivity contribution in [2.45, 2.75) is 65.5 Å². The molecule has 0 aliphatic carbocycles. The zero-order valence-electron chi connectivity index (χ0n) is 21.8. The lowest BCUT2D eigenvalue weighted by atomic mass is 10.2. The van der Waals surface area contributed by atoms with Crippen molar-refractivity contribution in [3.63, 3.8) is 0 Å². The first-order chi connectivity index (χ1) is 16.6. The summed E-state index contributed by atoms with van der Waals surface area (Å²) < 4.78 is 11.2. The lowest BCUT2D eigenvalue weighted by Crippen LogP contribution is -2.42. The fourth-order valence-corrected chi connectivity index (χ4v) is 3.94. The van der Waals surface area contributed by atoms with Crippen LogP contribution in [0.2, 0.25) is 0 Å². The third kappa shape index (κ3) is 7.34. The number of nitrogens with zero attached hydrogens (tertiary/aromatic N) is 3. The molecule has 1 aliphatic rings. The Bertz CT molecular complexity index is 1020. The summed E-state index contributed by atoms with van der Waals surface area (Å²) in [6.45, 7) is 11.8. The number of likely N-dealkylation sites (N-methyl/N-ethyl adjacent to an activating group) is 1. The molecule has 1 fully saturated rings. The number of aromatic nitrogens is 1. The Morgan fingerprint density at radius 2 is 1.94 bits per heavy atom. The Hall–Kier alpha value is -3.29. The number of pyridine rings is 1. The average molecular weight is 483 g/mol. The number of unbranched alkanes of at least 4 members (excludes halogenated alkanes) is 1. The molecule has 3 rings (SSSR count). The van der Waals surface area contributed by atoms with E-state index in [4.69, 9.17) is 9.47 Å². The van der Waals surface area contributed by atoms with E-state index in [9.17, 15) is 9.59 Å². The first-order valence-electron chi connectivity index (χ1n) is 12.3. The number of aryl methyl sites for hydroxylation is 1. The van der Waals surface area contributed by atoms with Gasteiger partial charge < -0.3 is 24.6 Å². The standard InChI is InChI=1S/C27H38N4O4/c1-7-8-15-34-23-11-9-20(10-12-23)25(32)29-21-16-19(2)24(28-17-21)31-14-13-22(18-31)30(6)26(33)35-27(3,4)5/h9-12,16-17,22H,7-8,13-15,18H2,1-6H3,(H,29,32). The highest BCUT2D eigenvalue weighted by Crippen LogP contribution is 2.26. The molecule has 1 unspecified atom stereocenters. The molecule has 1 aromatic carbocycles. The van der Waals surface area contributed by atoms with Crippen molar-refractivity contribution < 1.29 is 19.1 Å². The van der Waals surface area contributed by atoms with Gasteiger partial charge in [-0.05, 0) is 76.4 Å². The number of nitrogens with one attached hydrogen (secondary N) is 1. The Morgan fingerprint density at radius 1 is 1.23 bits per heavy atom. The van der Waals surface area contributed by atoms with E-state index >= 15 is 0 Å². The number of amides is 2. The van der Waals surface area contributed by atoms with Crippen LogP contribution in [0.5, 0.6) is 5.75 Å². The summed E-state index contributed by atoms with van der Waals surface area (Å²) in [5, 5.41) is 2.92. The van der Waals surface area contributed by atoms with Crippen molar-refractivity contribution in [1.29, 1.82) is 0 Å². The molecular formula is C27H38N4O4. The quantitative estimate of drug-likeness (QED) is 0.516. The molecule has 0 saturated carbocycles. The highest BCUT2D eigenvalue weighted by atomic mass is 16.6. The fourth-order valence-electron chi connectivity index (χ4n) is 3.94. The van der Waals surface area contributed by atoms with Gasteiger partial charge in [-0.3, -0.25) is 4.79 Å². The van der Waals surface area contributed by atoms with Crippen LogP contribution in [-0.2, 0) is 4.74 Å². The van der Waals surface area contributed by atoms with Gasteiger partial charge in [0.1, 0.15) is 17.2 Å². The molecule has 8 nitrogen and oxygen atoms in total. The summed E-state index contributed by atoms with van der Waals surface area (Å²) in [6.07, 6.45) is 4.28. The van der Waals surface area contributed by atoms with Gasteiger partial charge in [0.15, 0.2) is 0 Å². The van der Waals surface area contributed by atoms with Crippen LogP contribution in [-0.4, -0.2) is 60.3 Å². The number of hydrogen-bond acceptors (Lipinski definition) is 6. The molecule has 1 N–H and O–H groups in total. The summed E-state index contributed by atoms with van der Waals surface area (Å²) in [4.78, 5) is 33.6. The van der Waals surface area contributed by atoms with Crippen LogP contribution >= 0.6 is 0 Å². The van der Waals surface area contributed by atoms with Crippen LogP contribution in [0.15, 0.2) is 36.5 Å². The smallest absolute Gasteiger partial charge is 0.410 e. The van der Waals surface area contributed by atoms with Crippen LogP contribution in [0, 0.1) is 6.92 Å². The Morgan fingerprint density at radius 3 is 2.57 bits per heavy atom. The first-order valence-corrected chi connectivity index (χ1v) is 12.3. The second kappa shape index (κ2) is 11.4. The van der Waals surface area contributed by atoms with Gasteiger partial charge in [0.05, 0.1) is 24.5 Å². The van der Waals surface area contributed by atoms with E-state index < -0.39 is 5.60 Å². The van der Waals surface area contributed by atoms with E-state index in [1.54, 1.807) is 30.3 Å². The molecule has 1 aromatic heterocycles. The van der Waals surface area contributed by atoms with Crippen LogP contribution in [0.1, 0.15) is 62.9 Å². The van der Waals surface area contributed by atoms with Crippen LogP contribution in [0.4, 0.5) is 16.3 Å². The maximum absolute atomic E-state index is 12.7. The summed E-state index contributed by atoms with van der Waals surface area (Å²) in [7, 11) is 1.78. The third-order valence-electron chi connectivity index (χ3n) is 5.88. The number of anilines is 2. The Kier molecular flexibility index (Phi) is 8.59. The van der Waals surface area contributed by atoms with Gasteiger partial charge in [-0.15, -0.1) is 0 Å². The molecule has 2 heterocycles. The predicted molar refractivity (Wildman–Crippen MR) is 138 cm³/mol. The van der Waals surface area contributed by atoms with Crippen molar-refractivity contribution in [2.75, 3.05) is 37.0 Å². The first kappa shape index (κ1) is 26.3. The van der Waals surface area contributed by atoms with Crippen molar-refractivity contribution in [3.05, 3.63) is 47.7 Å². The molecule has 0 spiro atoms. The number of benzene rings is 1. The van der Waals surface area contributed by atoms with Gasteiger partial charge >= 0.3 is 6.09 Å². The third-order valence-corrected chi connectivity index (χ3v) is 5.88. The van der Waals surface area contributed by atoms with Crippen molar-refractivity contribution in [3.8, 4) is 5.75 Å². The van der Waals surface area contributed by atoms with E-state index in [-0.39, 0.29) is 18.0 Å². The molecule has 8 heteroatoms. The van der Waals surface area contributed by atoms with Crippen LogP contribution in [0.25, 0.3) is 0 Å². The number of hydrogen-bond donors (Lipinski definition) is 1. The highest BCUT2D eigenvalue weighted by Gasteiger charge is 2.32. The van der Waals surface area contributed by atoms with Gasteiger partial charge in [0.25, 0.3) is 5.91 Å². The zero-order valence-corrected chi connectivity index (χ0v) is 21.8. The largest absolute Gasteiger partial charge is 0.494 e. The SMILES string of the molecule is CCCCOc1ccc(C(=O)Nc2cnc(N3CCC(N(C)C(=O)OC(C)(C)C)C3)c(C)c2)cc1. The molecule has 190 valence electrons. The molecular weight excluding hydrogens is 444 g/mol. The van der Waals surface area contributed by atoms with Crippen molar-refractivity contribution in [1.82, 2.24) is 9.88 Å². The summed E-state index contributed by atoms with van der Waals surface area (Å²) in [5.41, 5.74) is 1.64.